The van der Waals surface area contributed by atoms with Gasteiger partial charge in [0, 0.05) is 0 Å². The Balaban J connectivity index is -0.0000000800. The summed E-state index contributed by atoms with van der Waals surface area (Å²) in [5.41, 5.74) is 0. The number of rotatable bonds is 0. The second-order valence-corrected chi connectivity index (χ2v) is 1.65. The molecule has 5 N–H and O–H groups in total. The largest absolute Gasteiger partial charge is 2.00 e. The number of hydrogen-bond acceptors (Lipinski definition) is 5. The van der Waals surface area contributed by atoms with Gasteiger partial charge in [-0.25, -0.2) is 0 Å². The molecule has 0 unspecified atom stereocenters. The van der Waals surface area contributed by atoms with E-state index >= 15 is 0 Å². The van der Waals surface area contributed by atoms with E-state index < -0.39 is 9.05 Å². The van der Waals surface area contributed by atoms with Crippen molar-refractivity contribution < 1.29 is 19.2 Å². The molecule has 0 bridgehead atoms. The fourth-order valence-electron chi connectivity index (χ4n) is 0. The Morgan fingerprint density at radius 2 is 1.14 bits per heavy atom. The van der Waals surface area contributed by atoms with Crippen LogP contribution in [0, 0.1) is 0 Å². The molecule has 0 spiro atoms. The van der Waals surface area contributed by atoms with E-state index in [-0.39, 0.29) is 43.9 Å². The summed E-state index contributed by atoms with van der Waals surface area (Å²) in [7, 11) is -5.11. The summed E-state index contributed by atoms with van der Waals surface area (Å²) in [4.78, 5) is 31.8. The zero-order chi connectivity index (χ0) is 4.50. The third-order valence-electron chi connectivity index (χ3n) is 0. The molecule has 0 aliphatic rings. The minimum Gasteiger partial charge on any atom is -0.828 e. The molecule has 0 amide bonds. The molecule has 0 atom stereocenters. The summed E-state index contributed by atoms with van der Waals surface area (Å²) >= 11 is 0. The zero-order valence-corrected chi connectivity index (χ0v) is 6.83. The van der Waals surface area contributed by atoms with Crippen LogP contribution in [0.15, 0.2) is 0 Å². The first-order valence-electron chi connectivity index (χ1n) is 0.855. The van der Waals surface area contributed by atoms with Crippen LogP contribution in [0.25, 0.3) is 0 Å². The fourth-order valence-corrected chi connectivity index (χ4v) is 0. The smallest absolute Gasteiger partial charge is 0.828 e. The van der Waals surface area contributed by atoms with Gasteiger partial charge in [0.15, 0.2) is 0 Å². The predicted molar refractivity (Wildman–Crippen MR) is 21.0 cm³/mol. The van der Waals surface area contributed by atoms with Gasteiger partial charge < -0.3 is 25.3 Å². The Hall–Kier alpha value is 1.28. The van der Waals surface area contributed by atoms with Crippen molar-refractivity contribution in [3.63, 3.8) is 0 Å². The average Bonchev–Trinajstić information content (AvgIpc) is 0.722. The summed E-state index contributed by atoms with van der Waals surface area (Å²) in [6.07, 6.45) is 0. The van der Waals surface area contributed by atoms with Gasteiger partial charge in [-0.3, -0.25) is 0 Å². The van der Waals surface area contributed by atoms with Crippen molar-refractivity contribution in [2.75, 3.05) is 0 Å². The molecule has 0 saturated carbocycles. The van der Waals surface area contributed by atoms with Crippen LogP contribution in [0.3, 0.4) is 0 Å². The van der Waals surface area contributed by atoms with Gasteiger partial charge in [-0.05, 0) is 0 Å². The summed E-state index contributed by atoms with van der Waals surface area (Å²) in [5.74, 6) is 0. The van der Waals surface area contributed by atoms with Crippen LogP contribution >= 0.6 is 0 Å². The standard InChI is InChI=1S/Ca.H3N.H2O4Si/c;;1-5(2,3)4/h;1H3;1-2H/q+2;;-2. The minimum absolute atomic E-state index is 0. The summed E-state index contributed by atoms with van der Waals surface area (Å²) < 4.78 is 0. The van der Waals surface area contributed by atoms with E-state index in [2.05, 4.69) is 0 Å². The fraction of sp³-hybridized carbons (Fsp3) is 0. The van der Waals surface area contributed by atoms with Crippen LogP contribution in [0.5, 0.6) is 0 Å². The molecule has 0 aromatic heterocycles. The first kappa shape index (κ1) is 15.7. The van der Waals surface area contributed by atoms with E-state index in [9.17, 15) is 0 Å². The molecule has 7 heteroatoms. The molecule has 0 heterocycles. The molecular weight excluding hydrogens is 146 g/mol. The van der Waals surface area contributed by atoms with Crippen molar-refractivity contribution in [1.82, 2.24) is 6.15 Å². The summed E-state index contributed by atoms with van der Waals surface area (Å²) in [6.45, 7) is 0. The van der Waals surface area contributed by atoms with Gasteiger partial charge in [0.25, 0.3) is 0 Å². The molecule has 40 valence electrons. The van der Waals surface area contributed by atoms with Gasteiger partial charge in [0.2, 0.25) is 0 Å². The molecule has 0 radical (unpaired) electrons. The van der Waals surface area contributed by atoms with E-state index in [0.717, 1.165) is 0 Å². The molecular formula is H5CaNO4Si. The van der Waals surface area contributed by atoms with Crippen LogP contribution in [-0.2, 0) is 0 Å². The first-order chi connectivity index (χ1) is 2.00. The zero-order valence-electron chi connectivity index (χ0n) is 3.63. The summed E-state index contributed by atoms with van der Waals surface area (Å²) in [5, 5.41) is 0. The number of hydrogen-bond donors (Lipinski definition) is 3. The Bertz CT molecular complexity index is 27.2. The summed E-state index contributed by atoms with van der Waals surface area (Å²) in [6, 6.07) is 0. The maximum Gasteiger partial charge on any atom is 2.00 e. The quantitative estimate of drug-likeness (QED) is 0.304. The maximum absolute atomic E-state index is 8.80. The topological polar surface area (TPSA) is 122 Å². The Kier molecular flexibility index (Phi) is 12.2. The molecule has 7 heavy (non-hydrogen) atoms. The minimum atomic E-state index is -5.11. The van der Waals surface area contributed by atoms with Crippen molar-refractivity contribution in [3.05, 3.63) is 0 Å². The third-order valence-corrected chi connectivity index (χ3v) is 0. The molecule has 0 saturated heterocycles. The SMILES string of the molecule is N.[Ca+2].[O-][Si]([O-])(O)O. The third kappa shape index (κ3) is 124. The average molecular weight is 151 g/mol. The molecule has 0 fully saturated rings. The predicted octanol–water partition coefficient (Wildman–Crippen LogP) is -4.09. The van der Waals surface area contributed by atoms with Crippen molar-refractivity contribution >= 4 is 46.8 Å². The maximum atomic E-state index is 8.80. The van der Waals surface area contributed by atoms with Crippen LogP contribution < -0.4 is 15.7 Å². The van der Waals surface area contributed by atoms with Crippen molar-refractivity contribution in [3.8, 4) is 0 Å². The second kappa shape index (κ2) is 5.41. The van der Waals surface area contributed by atoms with Crippen molar-refractivity contribution in [2.45, 2.75) is 0 Å². The van der Waals surface area contributed by atoms with Crippen molar-refractivity contribution in [1.29, 1.82) is 0 Å². The Labute approximate surface area is 71.7 Å². The monoisotopic (exact) mass is 151 g/mol. The van der Waals surface area contributed by atoms with Crippen LogP contribution in [-0.4, -0.2) is 56.4 Å². The molecule has 0 aromatic carbocycles. The normalized spacial score (nSPS) is 8.57. The Morgan fingerprint density at radius 3 is 1.14 bits per heavy atom. The van der Waals surface area contributed by atoms with Gasteiger partial charge >= 0.3 is 37.7 Å². The molecule has 0 aliphatic carbocycles. The van der Waals surface area contributed by atoms with Gasteiger partial charge in [-0.2, -0.15) is 0 Å². The van der Waals surface area contributed by atoms with E-state index in [1.54, 1.807) is 0 Å². The first-order valence-corrected chi connectivity index (χ1v) is 2.57. The van der Waals surface area contributed by atoms with E-state index in [1.807, 2.05) is 0 Å². The molecule has 0 aliphatic heterocycles. The van der Waals surface area contributed by atoms with Crippen LogP contribution in [0.1, 0.15) is 0 Å². The van der Waals surface area contributed by atoms with Crippen LogP contribution in [0.2, 0.25) is 0 Å². The van der Waals surface area contributed by atoms with Crippen LogP contribution in [0.4, 0.5) is 0 Å². The van der Waals surface area contributed by atoms with Gasteiger partial charge in [-0.15, -0.1) is 0 Å². The van der Waals surface area contributed by atoms with E-state index in [4.69, 9.17) is 19.2 Å². The Morgan fingerprint density at radius 1 is 1.14 bits per heavy atom. The van der Waals surface area contributed by atoms with E-state index in [0.29, 0.717) is 0 Å². The molecule has 0 aromatic rings. The van der Waals surface area contributed by atoms with Gasteiger partial charge in [0.1, 0.15) is 9.05 Å². The molecule has 5 nitrogen and oxygen atoms in total. The van der Waals surface area contributed by atoms with Crippen molar-refractivity contribution in [2.24, 2.45) is 0 Å². The van der Waals surface area contributed by atoms with E-state index in [1.165, 1.54) is 0 Å². The van der Waals surface area contributed by atoms with Gasteiger partial charge in [-0.1, -0.05) is 0 Å². The van der Waals surface area contributed by atoms with Gasteiger partial charge in [0.05, 0.1) is 0 Å². The molecule has 0 rings (SSSR count). The second-order valence-electron chi connectivity index (χ2n) is 0.548.